The van der Waals surface area contributed by atoms with Crippen molar-refractivity contribution in [1.82, 2.24) is 4.90 Å². The van der Waals surface area contributed by atoms with E-state index in [1.165, 1.54) is 25.7 Å². The first-order chi connectivity index (χ1) is 17.2. The van der Waals surface area contributed by atoms with Crippen molar-refractivity contribution in [3.8, 4) is 11.5 Å². The van der Waals surface area contributed by atoms with Crippen LogP contribution < -0.4 is 15.2 Å². The van der Waals surface area contributed by atoms with E-state index in [1.807, 2.05) is 26.0 Å². The van der Waals surface area contributed by atoms with E-state index in [1.54, 1.807) is 12.1 Å². The molecule has 2 rings (SSSR count). The van der Waals surface area contributed by atoms with Gasteiger partial charge in [-0.25, -0.2) is 4.79 Å². The van der Waals surface area contributed by atoms with Crippen molar-refractivity contribution < 1.29 is 29.0 Å². The van der Waals surface area contributed by atoms with Gasteiger partial charge in [-0.15, -0.1) is 0 Å². The van der Waals surface area contributed by atoms with Crippen LogP contribution in [-0.2, 0) is 14.4 Å². The SMILES string of the molecule is CCCCCCCC(C)Oc1ccc(C=C2SC(=S)N(C(CCC(N)=O)C(=O)O)C2=O)cc1OCC. The number of thioether (sulfide) groups is 1. The standard InChI is InChI=1S/C26H36N2O6S2/c1-4-6-7-8-9-10-17(3)34-20-13-11-18(15-21(20)33-5-2)16-22-24(30)28(26(35)36-22)19(25(31)32)12-14-23(27)29/h11,13,15-17,19H,4-10,12,14H2,1-3H3,(H2,27,29)(H,31,32). The van der Waals surface area contributed by atoms with Gasteiger partial charge in [0, 0.05) is 6.42 Å². The van der Waals surface area contributed by atoms with Gasteiger partial charge in [-0.2, -0.15) is 0 Å². The largest absolute Gasteiger partial charge is 0.490 e. The molecule has 8 nitrogen and oxygen atoms in total. The Balaban J connectivity index is 2.15. The van der Waals surface area contributed by atoms with Gasteiger partial charge in [-0.1, -0.05) is 62.7 Å². The molecule has 1 fully saturated rings. The van der Waals surface area contributed by atoms with Gasteiger partial charge in [-0.3, -0.25) is 14.5 Å². The van der Waals surface area contributed by atoms with Crippen LogP contribution in [0.4, 0.5) is 0 Å². The van der Waals surface area contributed by atoms with Crippen LogP contribution in [-0.4, -0.2) is 50.9 Å². The summed E-state index contributed by atoms with van der Waals surface area (Å²) in [6, 6.07) is 4.17. The van der Waals surface area contributed by atoms with Crippen molar-refractivity contribution in [2.45, 2.75) is 84.3 Å². The van der Waals surface area contributed by atoms with Crippen LogP contribution in [0.2, 0.25) is 0 Å². The first-order valence-electron chi connectivity index (χ1n) is 12.4. The normalized spacial score (nSPS) is 16.3. The number of nitrogens with zero attached hydrogens (tertiary/aromatic N) is 1. The molecule has 1 aromatic rings. The Hall–Kier alpha value is -2.59. The molecule has 0 aromatic heterocycles. The Morgan fingerprint density at radius 1 is 1.17 bits per heavy atom. The molecular weight excluding hydrogens is 500 g/mol. The minimum absolute atomic E-state index is 0.0429. The molecular formula is C26H36N2O6S2. The third-order valence-electron chi connectivity index (χ3n) is 5.69. The van der Waals surface area contributed by atoms with E-state index in [4.69, 9.17) is 27.4 Å². The topological polar surface area (TPSA) is 119 Å². The molecule has 2 amide bonds. The van der Waals surface area contributed by atoms with Crippen molar-refractivity contribution in [2.75, 3.05) is 6.61 Å². The number of hydrogen-bond acceptors (Lipinski definition) is 7. The number of thiocarbonyl (C=S) groups is 1. The molecule has 2 unspecified atom stereocenters. The molecule has 3 N–H and O–H groups in total. The molecule has 1 aromatic carbocycles. The summed E-state index contributed by atoms with van der Waals surface area (Å²) in [7, 11) is 0. The van der Waals surface area contributed by atoms with Crippen LogP contribution in [0.15, 0.2) is 23.1 Å². The number of carbonyl (C=O) groups is 3. The highest BCUT2D eigenvalue weighted by Crippen LogP contribution is 2.37. The van der Waals surface area contributed by atoms with Gasteiger partial charge >= 0.3 is 5.97 Å². The molecule has 1 heterocycles. The van der Waals surface area contributed by atoms with Crippen LogP contribution in [0.5, 0.6) is 11.5 Å². The second kappa shape index (κ2) is 14.8. The average Bonchev–Trinajstić information content (AvgIpc) is 3.08. The molecule has 0 bridgehead atoms. The van der Waals surface area contributed by atoms with Gasteiger partial charge in [0.2, 0.25) is 5.91 Å². The van der Waals surface area contributed by atoms with Gasteiger partial charge in [0.25, 0.3) is 5.91 Å². The van der Waals surface area contributed by atoms with Crippen LogP contribution in [0.1, 0.15) is 77.7 Å². The highest BCUT2D eigenvalue weighted by Gasteiger charge is 2.40. The summed E-state index contributed by atoms with van der Waals surface area (Å²) >= 11 is 6.31. The van der Waals surface area contributed by atoms with E-state index in [-0.39, 0.29) is 23.3 Å². The second-order valence-electron chi connectivity index (χ2n) is 8.68. The molecule has 0 spiro atoms. The summed E-state index contributed by atoms with van der Waals surface area (Å²) < 4.78 is 12.1. The summed E-state index contributed by atoms with van der Waals surface area (Å²) in [5.74, 6) is -1.19. The molecule has 10 heteroatoms. The van der Waals surface area contributed by atoms with Crippen LogP contribution >= 0.6 is 24.0 Å². The Morgan fingerprint density at radius 3 is 2.53 bits per heavy atom. The quantitative estimate of drug-likeness (QED) is 0.169. The highest BCUT2D eigenvalue weighted by molar-refractivity contribution is 8.26. The van der Waals surface area contributed by atoms with E-state index in [0.717, 1.165) is 29.5 Å². The monoisotopic (exact) mass is 536 g/mol. The second-order valence-corrected chi connectivity index (χ2v) is 10.4. The number of benzene rings is 1. The molecule has 1 saturated heterocycles. The maximum Gasteiger partial charge on any atom is 0.326 e. The third kappa shape index (κ3) is 8.81. The predicted octanol–water partition coefficient (Wildman–Crippen LogP) is 5.13. The average molecular weight is 537 g/mol. The van der Waals surface area contributed by atoms with E-state index in [0.29, 0.717) is 28.6 Å². The number of amides is 2. The lowest BCUT2D eigenvalue weighted by molar-refractivity contribution is -0.145. The number of unbranched alkanes of at least 4 members (excludes halogenated alkanes) is 4. The Morgan fingerprint density at radius 2 is 1.89 bits per heavy atom. The fraction of sp³-hybridized carbons (Fsp3) is 0.538. The summed E-state index contributed by atoms with van der Waals surface area (Å²) in [5.41, 5.74) is 5.85. The zero-order valence-electron chi connectivity index (χ0n) is 21.2. The molecule has 198 valence electrons. The van der Waals surface area contributed by atoms with Crippen LogP contribution in [0.25, 0.3) is 6.08 Å². The summed E-state index contributed by atoms with van der Waals surface area (Å²) in [4.78, 5) is 37.2. The zero-order valence-corrected chi connectivity index (χ0v) is 22.8. The number of aliphatic carboxylic acids is 1. The van der Waals surface area contributed by atoms with E-state index >= 15 is 0 Å². The molecule has 0 aliphatic carbocycles. The van der Waals surface area contributed by atoms with E-state index in [2.05, 4.69) is 6.92 Å². The lowest BCUT2D eigenvalue weighted by atomic mass is 10.1. The molecule has 1 aliphatic rings. The van der Waals surface area contributed by atoms with Crippen molar-refractivity contribution in [3.63, 3.8) is 0 Å². The van der Waals surface area contributed by atoms with Crippen molar-refractivity contribution >= 4 is 52.2 Å². The fourth-order valence-electron chi connectivity index (χ4n) is 3.83. The number of carbonyl (C=O) groups excluding carboxylic acids is 2. The first kappa shape index (κ1) is 29.6. The molecule has 36 heavy (non-hydrogen) atoms. The fourth-order valence-corrected chi connectivity index (χ4v) is 5.19. The van der Waals surface area contributed by atoms with Crippen molar-refractivity contribution in [2.24, 2.45) is 5.73 Å². The third-order valence-corrected chi connectivity index (χ3v) is 7.02. The van der Waals surface area contributed by atoms with Gasteiger partial charge in [0.1, 0.15) is 10.4 Å². The Kier molecular flexibility index (Phi) is 12.2. The van der Waals surface area contributed by atoms with Gasteiger partial charge in [0.05, 0.1) is 17.6 Å². The minimum atomic E-state index is -1.26. The number of nitrogens with two attached hydrogens (primary N) is 1. The first-order valence-corrected chi connectivity index (χ1v) is 13.6. The number of rotatable bonds is 16. The minimum Gasteiger partial charge on any atom is -0.490 e. The number of carboxylic acid groups (broad SMARTS) is 1. The number of carboxylic acids is 1. The maximum atomic E-state index is 13.0. The Bertz CT molecular complexity index is 981. The summed E-state index contributed by atoms with van der Waals surface area (Å²) in [5, 5.41) is 9.58. The highest BCUT2D eigenvalue weighted by atomic mass is 32.2. The van der Waals surface area contributed by atoms with Gasteiger partial charge in [-0.05, 0) is 56.9 Å². The summed E-state index contributed by atoms with van der Waals surface area (Å²) in [6.07, 6.45) is 8.41. The van der Waals surface area contributed by atoms with Crippen molar-refractivity contribution in [3.05, 3.63) is 28.7 Å². The van der Waals surface area contributed by atoms with Gasteiger partial charge in [0.15, 0.2) is 11.5 Å². The molecule has 1 aliphatic heterocycles. The van der Waals surface area contributed by atoms with Gasteiger partial charge < -0.3 is 20.3 Å². The maximum absolute atomic E-state index is 13.0. The lowest BCUT2D eigenvalue weighted by Crippen LogP contribution is -2.44. The van der Waals surface area contributed by atoms with E-state index < -0.39 is 23.8 Å². The zero-order chi connectivity index (χ0) is 26.7. The smallest absolute Gasteiger partial charge is 0.326 e. The number of primary amides is 1. The lowest BCUT2D eigenvalue weighted by Gasteiger charge is -2.22. The molecule has 0 radical (unpaired) electrons. The van der Waals surface area contributed by atoms with Crippen molar-refractivity contribution in [1.29, 1.82) is 0 Å². The van der Waals surface area contributed by atoms with Crippen LogP contribution in [0, 0.1) is 0 Å². The van der Waals surface area contributed by atoms with Crippen LogP contribution in [0.3, 0.4) is 0 Å². The molecule has 2 atom stereocenters. The number of hydrogen-bond donors (Lipinski definition) is 2. The molecule has 0 saturated carbocycles. The predicted molar refractivity (Wildman–Crippen MR) is 146 cm³/mol. The summed E-state index contributed by atoms with van der Waals surface area (Å²) in [6.45, 7) is 6.59. The number of ether oxygens (including phenoxy) is 2. The van der Waals surface area contributed by atoms with E-state index in [9.17, 15) is 19.5 Å². The Labute approximate surface area is 222 Å².